The van der Waals surface area contributed by atoms with Crippen LogP contribution < -0.4 is 11.1 Å². The normalized spacial score (nSPS) is 9.65. The predicted molar refractivity (Wildman–Crippen MR) is 72.2 cm³/mol. The first-order valence-corrected chi connectivity index (χ1v) is 6.39. The molecule has 1 amide bonds. The molecule has 0 fully saturated rings. The molecule has 0 bridgehead atoms. The number of thioether (sulfide) groups is 1. The van der Waals surface area contributed by atoms with Gasteiger partial charge in [-0.25, -0.2) is 4.98 Å². The van der Waals surface area contributed by atoms with E-state index >= 15 is 0 Å². The molecule has 1 aromatic rings. The van der Waals surface area contributed by atoms with Crippen molar-refractivity contribution in [2.75, 3.05) is 23.8 Å². The van der Waals surface area contributed by atoms with Gasteiger partial charge in [0, 0.05) is 12.3 Å². The number of hydrogen-bond donors (Lipinski definition) is 2. The molecule has 1 heterocycles. The van der Waals surface area contributed by atoms with Crippen molar-refractivity contribution < 1.29 is 4.79 Å². The molecule has 0 saturated carbocycles. The second kappa shape index (κ2) is 7.05. The van der Waals surface area contributed by atoms with E-state index in [0.717, 1.165) is 5.75 Å². The molecule has 0 aromatic carbocycles. The van der Waals surface area contributed by atoms with Crippen molar-refractivity contribution >= 4 is 35.0 Å². The molecule has 0 spiro atoms. The summed E-state index contributed by atoms with van der Waals surface area (Å²) in [6.07, 6.45) is 6.50. The third-order valence-electron chi connectivity index (χ3n) is 1.82. The van der Waals surface area contributed by atoms with Crippen molar-refractivity contribution in [3.8, 4) is 12.3 Å². The van der Waals surface area contributed by atoms with Gasteiger partial charge in [-0.05, 0) is 6.07 Å². The summed E-state index contributed by atoms with van der Waals surface area (Å²) in [4.78, 5) is 15.5. The van der Waals surface area contributed by atoms with Crippen LogP contribution in [0.2, 0.25) is 5.15 Å². The lowest BCUT2D eigenvalue weighted by Gasteiger charge is -2.06. The molecule has 4 nitrogen and oxygen atoms in total. The zero-order valence-electron chi connectivity index (χ0n) is 9.07. The fraction of sp³-hybridized carbons (Fsp3) is 0.273. The Kier molecular flexibility index (Phi) is 5.67. The molecule has 0 unspecified atom stereocenters. The number of nitrogens with zero attached hydrogens (tertiary/aromatic N) is 1. The zero-order chi connectivity index (χ0) is 12.7. The van der Waals surface area contributed by atoms with Gasteiger partial charge < -0.3 is 11.1 Å². The molecule has 0 saturated heterocycles. The van der Waals surface area contributed by atoms with Crippen molar-refractivity contribution in [2.24, 2.45) is 0 Å². The van der Waals surface area contributed by atoms with Gasteiger partial charge in [0.1, 0.15) is 5.15 Å². The van der Waals surface area contributed by atoms with Crippen molar-refractivity contribution in [2.45, 2.75) is 0 Å². The topological polar surface area (TPSA) is 68.0 Å². The molecule has 6 heteroatoms. The second-order valence-corrected chi connectivity index (χ2v) is 4.58. The number of carbonyl (C=O) groups is 1. The molecule has 0 aliphatic rings. The van der Waals surface area contributed by atoms with Crippen LogP contribution in [0.15, 0.2) is 12.3 Å². The van der Waals surface area contributed by atoms with E-state index in [1.165, 1.54) is 12.3 Å². The van der Waals surface area contributed by atoms with Crippen LogP contribution in [0.25, 0.3) is 0 Å². The maximum Gasteiger partial charge on any atom is 0.254 e. The fourth-order valence-corrected chi connectivity index (χ4v) is 1.78. The number of halogens is 1. The summed E-state index contributed by atoms with van der Waals surface area (Å²) in [7, 11) is 0. The first kappa shape index (κ1) is 13.7. The number of aromatic nitrogens is 1. The van der Waals surface area contributed by atoms with Crippen molar-refractivity contribution in [1.29, 1.82) is 0 Å². The maximum atomic E-state index is 11.7. The number of anilines is 1. The van der Waals surface area contributed by atoms with Crippen molar-refractivity contribution in [3.63, 3.8) is 0 Å². The number of nitrogens with one attached hydrogen (secondary N) is 1. The molecule has 0 aliphatic heterocycles. The van der Waals surface area contributed by atoms with E-state index in [2.05, 4.69) is 16.2 Å². The molecular formula is C11H12ClN3OS. The Hall–Kier alpha value is -1.38. The summed E-state index contributed by atoms with van der Waals surface area (Å²) < 4.78 is 0. The molecule has 1 aromatic heterocycles. The van der Waals surface area contributed by atoms with Crippen LogP contribution in [0.5, 0.6) is 0 Å². The fourth-order valence-electron chi connectivity index (χ4n) is 1.09. The lowest BCUT2D eigenvalue weighted by molar-refractivity contribution is 0.0956. The van der Waals surface area contributed by atoms with Gasteiger partial charge in [0.25, 0.3) is 5.91 Å². The standard InChI is InChI=1S/C11H12ClN3OS/c1-2-4-17-5-3-14-11(16)9-6-8(13)7-15-10(9)12/h1,6-7H,3-5,13H2,(H,14,16). The molecule has 3 N–H and O–H groups in total. The minimum absolute atomic E-state index is 0.146. The highest BCUT2D eigenvalue weighted by Gasteiger charge is 2.10. The average Bonchev–Trinajstić information content (AvgIpc) is 2.32. The third-order valence-corrected chi connectivity index (χ3v) is 2.99. The zero-order valence-corrected chi connectivity index (χ0v) is 10.6. The van der Waals surface area contributed by atoms with Gasteiger partial charge in [-0.2, -0.15) is 0 Å². The molecule has 0 aliphatic carbocycles. The monoisotopic (exact) mass is 269 g/mol. The van der Waals surface area contributed by atoms with Crippen LogP contribution >= 0.6 is 23.4 Å². The summed E-state index contributed by atoms with van der Waals surface area (Å²) in [6, 6.07) is 1.50. The molecule has 0 radical (unpaired) electrons. The van der Waals surface area contributed by atoms with E-state index in [4.69, 9.17) is 23.8 Å². The molecule has 17 heavy (non-hydrogen) atoms. The van der Waals surface area contributed by atoms with E-state index in [9.17, 15) is 4.79 Å². The number of amides is 1. The first-order valence-electron chi connectivity index (χ1n) is 4.85. The minimum Gasteiger partial charge on any atom is -0.397 e. The maximum absolute atomic E-state index is 11.7. The summed E-state index contributed by atoms with van der Waals surface area (Å²) in [5, 5.41) is 2.86. The lowest BCUT2D eigenvalue weighted by atomic mass is 10.2. The van der Waals surface area contributed by atoms with Crippen molar-refractivity contribution in [1.82, 2.24) is 10.3 Å². The molecule has 1 rings (SSSR count). The number of pyridine rings is 1. The van der Waals surface area contributed by atoms with Crippen LogP contribution in [0, 0.1) is 12.3 Å². The Morgan fingerprint density at radius 1 is 1.71 bits per heavy atom. The van der Waals surface area contributed by atoms with Gasteiger partial charge in [0.05, 0.1) is 23.2 Å². The van der Waals surface area contributed by atoms with Gasteiger partial charge in [-0.3, -0.25) is 4.79 Å². The van der Waals surface area contributed by atoms with Gasteiger partial charge in [0.2, 0.25) is 0 Å². The largest absolute Gasteiger partial charge is 0.397 e. The lowest BCUT2D eigenvalue weighted by Crippen LogP contribution is -2.26. The number of rotatable bonds is 5. The highest BCUT2D eigenvalue weighted by molar-refractivity contribution is 7.99. The smallest absolute Gasteiger partial charge is 0.254 e. The molecular weight excluding hydrogens is 258 g/mol. The summed E-state index contributed by atoms with van der Waals surface area (Å²) in [5.41, 5.74) is 6.22. The molecule has 90 valence electrons. The third kappa shape index (κ3) is 4.55. The Bertz CT molecular complexity index is 445. The minimum atomic E-state index is -0.281. The highest BCUT2D eigenvalue weighted by atomic mass is 35.5. The second-order valence-electron chi connectivity index (χ2n) is 3.12. The number of nitrogen functional groups attached to an aromatic ring is 1. The Morgan fingerprint density at radius 2 is 2.47 bits per heavy atom. The van der Waals surface area contributed by atoms with E-state index in [0.29, 0.717) is 18.0 Å². The van der Waals surface area contributed by atoms with Crippen LogP contribution in [0.3, 0.4) is 0 Å². The highest BCUT2D eigenvalue weighted by Crippen LogP contribution is 2.15. The predicted octanol–water partition coefficient (Wildman–Crippen LogP) is 1.41. The number of nitrogens with two attached hydrogens (primary N) is 1. The van der Waals surface area contributed by atoms with Crippen LogP contribution in [-0.2, 0) is 0 Å². The van der Waals surface area contributed by atoms with Gasteiger partial charge in [-0.1, -0.05) is 17.5 Å². The van der Waals surface area contributed by atoms with Crippen molar-refractivity contribution in [3.05, 3.63) is 23.0 Å². The van der Waals surface area contributed by atoms with E-state index in [1.54, 1.807) is 11.8 Å². The summed E-state index contributed by atoms with van der Waals surface area (Å²) in [6.45, 7) is 0.524. The molecule has 0 atom stereocenters. The number of carbonyl (C=O) groups excluding carboxylic acids is 1. The summed E-state index contributed by atoms with van der Waals surface area (Å²) >= 11 is 7.37. The first-order chi connectivity index (χ1) is 8.15. The van der Waals surface area contributed by atoms with Crippen LogP contribution in [0.1, 0.15) is 10.4 Å². The van der Waals surface area contributed by atoms with Gasteiger partial charge in [0.15, 0.2) is 0 Å². The van der Waals surface area contributed by atoms with E-state index in [1.807, 2.05) is 0 Å². The quantitative estimate of drug-likeness (QED) is 0.482. The Balaban J connectivity index is 2.47. The Labute approximate surface area is 109 Å². The average molecular weight is 270 g/mol. The Morgan fingerprint density at radius 3 is 3.18 bits per heavy atom. The number of terminal acetylenes is 1. The van der Waals surface area contributed by atoms with Crippen LogP contribution in [0.4, 0.5) is 5.69 Å². The van der Waals surface area contributed by atoms with Gasteiger partial charge >= 0.3 is 0 Å². The van der Waals surface area contributed by atoms with Gasteiger partial charge in [-0.15, -0.1) is 18.2 Å². The SMILES string of the molecule is C#CCSCCNC(=O)c1cc(N)cnc1Cl. The van der Waals surface area contributed by atoms with E-state index < -0.39 is 0 Å². The van der Waals surface area contributed by atoms with E-state index in [-0.39, 0.29) is 16.6 Å². The number of hydrogen-bond acceptors (Lipinski definition) is 4. The summed E-state index contributed by atoms with van der Waals surface area (Å²) in [5.74, 6) is 3.61. The van der Waals surface area contributed by atoms with Crippen LogP contribution in [-0.4, -0.2) is 28.9 Å².